The number of rotatable bonds is 4. The number of halogens is 1. The lowest BCUT2D eigenvalue weighted by atomic mass is 10.1. The zero-order valence-corrected chi connectivity index (χ0v) is 15.7. The van der Waals surface area contributed by atoms with Crippen LogP contribution in [0.4, 0.5) is 0 Å². The fraction of sp³-hybridized carbons (Fsp3) is 0.333. The molecule has 1 amide bonds. The van der Waals surface area contributed by atoms with Crippen molar-refractivity contribution in [3.05, 3.63) is 41.4 Å². The van der Waals surface area contributed by atoms with Gasteiger partial charge in [0.05, 0.1) is 5.75 Å². The quantitative estimate of drug-likeness (QED) is 0.640. The number of nitrogens with zero attached hydrogens (tertiary/aromatic N) is 5. The van der Waals surface area contributed by atoms with E-state index in [1.807, 2.05) is 41.3 Å². The normalized spacial score (nSPS) is 14.7. The summed E-state index contributed by atoms with van der Waals surface area (Å²) in [6, 6.07) is 11.2. The topological polar surface area (TPSA) is 63.4 Å². The predicted molar refractivity (Wildman–Crippen MR) is 102 cm³/mol. The van der Waals surface area contributed by atoms with Crippen molar-refractivity contribution in [2.24, 2.45) is 0 Å². The first-order chi connectivity index (χ1) is 12.7. The molecule has 0 unspecified atom stereocenters. The molecule has 134 valence electrons. The maximum Gasteiger partial charge on any atom is 0.232 e. The molecule has 0 spiro atoms. The Bertz CT molecular complexity index is 921. The molecule has 1 aliphatic heterocycles. The molecule has 0 bridgehead atoms. The lowest BCUT2D eigenvalue weighted by Gasteiger charge is -2.26. The van der Waals surface area contributed by atoms with E-state index in [1.165, 1.54) is 18.2 Å². The van der Waals surface area contributed by atoms with Crippen LogP contribution in [-0.2, 0) is 4.79 Å². The summed E-state index contributed by atoms with van der Waals surface area (Å²) in [5.41, 5.74) is 1.56. The Kier molecular flexibility index (Phi) is 5.08. The number of carbonyl (C=O) groups excluding carboxylic acids is 1. The molecular formula is C18H18ClN5OS. The van der Waals surface area contributed by atoms with Gasteiger partial charge >= 0.3 is 0 Å². The van der Waals surface area contributed by atoms with Crippen LogP contribution in [0.2, 0.25) is 5.02 Å². The highest BCUT2D eigenvalue weighted by atomic mass is 35.5. The van der Waals surface area contributed by atoms with Crippen molar-refractivity contribution in [1.82, 2.24) is 24.7 Å². The van der Waals surface area contributed by atoms with E-state index in [-0.39, 0.29) is 5.91 Å². The number of hydrogen-bond acceptors (Lipinski definition) is 5. The third-order valence-corrected chi connectivity index (χ3v) is 5.55. The molecule has 0 saturated carbocycles. The maximum absolute atomic E-state index is 12.3. The van der Waals surface area contributed by atoms with E-state index in [4.69, 9.17) is 11.6 Å². The van der Waals surface area contributed by atoms with Gasteiger partial charge < -0.3 is 4.90 Å². The summed E-state index contributed by atoms with van der Waals surface area (Å²) in [6.45, 7) is 1.75. The van der Waals surface area contributed by atoms with Crippen LogP contribution in [0.3, 0.4) is 0 Å². The lowest BCUT2D eigenvalue weighted by Crippen LogP contribution is -2.36. The largest absolute Gasteiger partial charge is 0.342 e. The number of amides is 1. The lowest BCUT2D eigenvalue weighted by molar-refractivity contribution is -0.129. The van der Waals surface area contributed by atoms with Gasteiger partial charge in [0.2, 0.25) is 5.91 Å². The minimum Gasteiger partial charge on any atom is -0.342 e. The Hall–Kier alpha value is -2.12. The van der Waals surface area contributed by atoms with Gasteiger partial charge in [0.15, 0.2) is 11.5 Å². The van der Waals surface area contributed by atoms with Crippen molar-refractivity contribution >= 4 is 34.9 Å². The highest BCUT2D eigenvalue weighted by Crippen LogP contribution is 2.22. The predicted octanol–water partition coefficient (Wildman–Crippen LogP) is 3.55. The number of hydrogen-bond donors (Lipinski definition) is 0. The number of piperidine rings is 1. The van der Waals surface area contributed by atoms with E-state index < -0.39 is 0 Å². The van der Waals surface area contributed by atoms with Crippen molar-refractivity contribution in [3.8, 4) is 11.4 Å². The van der Waals surface area contributed by atoms with Gasteiger partial charge in [0.25, 0.3) is 0 Å². The smallest absolute Gasteiger partial charge is 0.232 e. The van der Waals surface area contributed by atoms with Crippen molar-refractivity contribution in [1.29, 1.82) is 0 Å². The zero-order chi connectivity index (χ0) is 17.9. The van der Waals surface area contributed by atoms with Gasteiger partial charge in [0, 0.05) is 23.7 Å². The molecule has 2 aromatic heterocycles. The fourth-order valence-corrected chi connectivity index (χ4v) is 3.88. The van der Waals surface area contributed by atoms with Gasteiger partial charge in [0.1, 0.15) is 5.03 Å². The maximum atomic E-state index is 12.3. The van der Waals surface area contributed by atoms with Crippen molar-refractivity contribution in [2.75, 3.05) is 18.8 Å². The SMILES string of the molecule is O=C(CSc1ccc2nnc(-c3ccc(Cl)cc3)n2n1)N1CCCCC1. The third-order valence-electron chi connectivity index (χ3n) is 4.39. The van der Waals surface area contributed by atoms with Gasteiger partial charge in [-0.3, -0.25) is 4.79 Å². The number of thioether (sulfide) groups is 1. The van der Waals surface area contributed by atoms with Crippen LogP contribution in [0.15, 0.2) is 41.4 Å². The minimum absolute atomic E-state index is 0.179. The van der Waals surface area contributed by atoms with Crippen LogP contribution in [0.5, 0.6) is 0 Å². The van der Waals surface area contributed by atoms with Gasteiger partial charge in [-0.2, -0.15) is 9.61 Å². The first-order valence-corrected chi connectivity index (χ1v) is 9.96. The second-order valence-electron chi connectivity index (χ2n) is 6.20. The first-order valence-electron chi connectivity index (χ1n) is 8.60. The van der Waals surface area contributed by atoms with Gasteiger partial charge in [-0.25, -0.2) is 0 Å². The summed E-state index contributed by atoms with van der Waals surface area (Å²) in [5.74, 6) is 1.23. The Morgan fingerprint density at radius 3 is 2.58 bits per heavy atom. The molecule has 0 radical (unpaired) electrons. The standard InChI is InChI=1S/C18H18ClN5OS/c19-14-6-4-13(5-7-14)18-21-20-15-8-9-16(22-24(15)18)26-12-17(25)23-10-2-1-3-11-23/h4-9H,1-3,10-12H2. The second-order valence-corrected chi connectivity index (χ2v) is 7.63. The monoisotopic (exact) mass is 387 g/mol. The summed E-state index contributed by atoms with van der Waals surface area (Å²) in [7, 11) is 0. The van der Waals surface area contributed by atoms with Crippen LogP contribution < -0.4 is 0 Å². The summed E-state index contributed by atoms with van der Waals surface area (Å²) < 4.78 is 1.71. The molecule has 0 atom stereocenters. The van der Waals surface area contributed by atoms with Crippen LogP contribution in [-0.4, -0.2) is 49.5 Å². The molecule has 4 rings (SSSR count). The van der Waals surface area contributed by atoms with Gasteiger partial charge in [-0.05, 0) is 55.7 Å². The summed E-state index contributed by atoms with van der Waals surface area (Å²) in [6.07, 6.45) is 3.42. The van der Waals surface area contributed by atoms with Crippen LogP contribution in [0, 0.1) is 0 Å². The Morgan fingerprint density at radius 2 is 1.81 bits per heavy atom. The summed E-state index contributed by atoms with van der Waals surface area (Å²) >= 11 is 7.40. The van der Waals surface area contributed by atoms with Crippen LogP contribution >= 0.6 is 23.4 Å². The molecule has 1 fully saturated rings. The van der Waals surface area contributed by atoms with Crippen molar-refractivity contribution < 1.29 is 4.79 Å². The van der Waals surface area contributed by atoms with Crippen molar-refractivity contribution in [2.45, 2.75) is 24.3 Å². The van der Waals surface area contributed by atoms with Gasteiger partial charge in [-0.1, -0.05) is 23.4 Å². The molecule has 3 heterocycles. The molecule has 0 aliphatic carbocycles. The molecule has 26 heavy (non-hydrogen) atoms. The number of benzene rings is 1. The van der Waals surface area contributed by atoms with E-state index in [2.05, 4.69) is 15.3 Å². The number of carbonyl (C=O) groups is 1. The second kappa shape index (κ2) is 7.63. The molecule has 1 saturated heterocycles. The number of fused-ring (bicyclic) bond motifs is 1. The molecule has 1 aromatic carbocycles. The number of likely N-dealkylation sites (tertiary alicyclic amines) is 1. The zero-order valence-electron chi connectivity index (χ0n) is 14.1. The molecular weight excluding hydrogens is 370 g/mol. The Labute approximate surface area is 160 Å². The fourth-order valence-electron chi connectivity index (χ4n) is 3.00. The Balaban J connectivity index is 1.52. The Morgan fingerprint density at radius 1 is 1.04 bits per heavy atom. The third kappa shape index (κ3) is 3.68. The highest BCUT2D eigenvalue weighted by Gasteiger charge is 2.17. The molecule has 8 heteroatoms. The number of aromatic nitrogens is 4. The molecule has 0 N–H and O–H groups in total. The molecule has 1 aliphatic rings. The molecule has 3 aromatic rings. The molecule has 6 nitrogen and oxygen atoms in total. The minimum atomic E-state index is 0.179. The van der Waals surface area contributed by atoms with Crippen LogP contribution in [0.25, 0.3) is 17.0 Å². The van der Waals surface area contributed by atoms with Crippen molar-refractivity contribution in [3.63, 3.8) is 0 Å². The van der Waals surface area contributed by atoms with Crippen LogP contribution in [0.1, 0.15) is 19.3 Å². The summed E-state index contributed by atoms with van der Waals surface area (Å²) in [4.78, 5) is 14.3. The summed E-state index contributed by atoms with van der Waals surface area (Å²) in [5, 5.41) is 14.4. The first kappa shape index (κ1) is 17.3. The van der Waals surface area contributed by atoms with E-state index >= 15 is 0 Å². The van der Waals surface area contributed by atoms with E-state index in [1.54, 1.807) is 4.52 Å². The van der Waals surface area contributed by atoms with Gasteiger partial charge in [-0.15, -0.1) is 10.2 Å². The van der Waals surface area contributed by atoms with E-state index in [0.29, 0.717) is 22.2 Å². The average molecular weight is 388 g/mol. The highest BCUT2D eigenvalue weighted by molar-refractivity contribution is 7.99. The van der Waals surface area contributed by atoms with E-state index in [9.17, 15) is 4.79 Å². The average Bonchev–Trinajstić information content (AvgIpc) is 3.10. The van der Waals surface area contributed by atoms with E-state index in [0.717, 1.165) is 36.5 Å².